The van der Waals surface area contributed by atoms with Gasteiger partial charge in [0.05, 0.1) is 33.3 Å². The molecule has 1 saturated heterocycles. The minimum absolute atomic E-state index is 0.0899. The first kappa shape index (κ1) is 31.6. The van der Waals surface area contributed by atoms with E-state index < -0.39 is 62.3 Å². The summed E-state index contributed by atoms with van der Waals surface area (Å²) in [5.41, 5.74) is 4.28. The number of hydrogen-bond acceptors (Lipinski definition) is 14. The van der Waals surface area contributed by atoms with Crippen molar-refractivity contribution in [1.29, 1.82) is 0 Å². The number of methoxy groups -OCH3 is 1. The summed E-state index contributed by atoms with van der Waals surface area (Å²) in [6.07, 6.45) is -2.70. The van der Waals surface area contributed by atoms with Crippen LogP contribution in [-0.2, 0) is 32.9 Å². The minimum Gasteiger partial charge on any atom is -0.479 e. The first-order valence-electron chi connectivity index (χ1n) is 12.5. The van der Waals surface area contributed by atoms with Crippen LogP contribution in [-0.4, -0.2) is 98.5 Å². The Hall–Kier alpha value is -2.92. The summed E-state index contributed by atoms with van der Waals surface area (Å²) in [5, 5.41) is 27.2. The highest BCUT2D eigenvalue weighted by Crippen LogP contribution is 2.44. The van der Waals surface area contributed by atoms with Gasteiger partial charge in [-0.3, -0.25) is 18.7 Å². The van der Waals surface area contributed by atoms with Crippen LogP contribution in [0.1, 0.15) is 40.8 Å². The topological polar surface area (TPSA) is 232 Å². The van der Waals surface area contributed by atoms with Crippen molar-refractivity contribution in [3.63, 3.8) is 0 Å². The fourth-order valence-electron chi connectivity index (χ4n) is 4.04. The van der Waals surface area contributed by atoms with Crippen LogP contribution in [0.4, 0.5) is 5.95 Å². The minimum atomic E-state index is -4.19. The third-order valence-corrected chi connectivity index (χ3v) is 8.00. The molecule has 0 amide bonds. The average Bonchev–Trinajstić information content (AvgIpc) is 3.40. The van der Waals surface area contributed by atoms with Crippen molar-refractivity contribution in [2.24, 2.45) is 0 Å². The molecular weight excluding hydrogens is 553 g/mol. The maximum atomic E-state index is 13.7. The molecule has 0 aliphatic carbocycles. The Bertz CT molecular complexity index is 1230. The smallest absolute Gasteiger partial charge is 0.342 e. The molecule has 3 heterocycles. The lowest BCUT2D eigenvalue weighted by molar-refractivity contribution is -0.145. The van der Waals surface area contributed by atoms with E-state index in [9.17, 15) is 24.4 Å². The van der Waals surface area contributed by atoms with E-state index in [-0.39, 0.29) is 36.2 Å². The number of aliphatic hydroxyl groups excluding tert-OH is 1. The van der Waals surface area contributed by atoms with Gasteiger partial charge in [0, 0.05) is 0 Å². The molecule has 224 valence electrons. The number of aromatic nitrogens is 4. The molecule has 6 atom stereocenters. The number of esters is 2. The summed E-state index contributed by atoms with van der Waals surface area (Å²) in [6.45, 7) is 7.00. The van der Waals surface area contributed by atoms with Crippen molar-refractivity contribution < 1.29 is 47.8 Å². The molecule has 1 fully saturated rings. The van der Waals surface area contributed by atoms with E-state index in [4.69, 9.17) is 29.2 Å². The van der Waals surface area contributed by atoms with E-state index in [1.807, 2.05) is 0 Å². The van der Waals surface area contributed by atoms with Crippen molar-refractivity contribution in [2.45, 2.75) is 70.7 Å². The fourth-order valence-corrected chi connectivity index (χ4v) is 5.85. The van der Waals surface area contributed by atoms with Crippen molar-refractivity contribution in [3.8, 4) is 5.88 Å². The van der Waals surface area contributed by atoms with E-state index in [0.717, 1.165) is 0 Å². The Labute approximate surface area is 230 Å². The highest BCUT2D eigenvalue weighted by atomic mass is 31.2. The molecule has 17 nitrogen and oxygen atoms in total. The monoisotopic (exact) mass is 589 g/mol. The first-order chi connectivity index (χ1) is 18.8. The summed E-state index contributed by atoms with van der Waals surface area (Å²) in [4.78, 5) is 36.7. The van der Waals surface area contributed by atoms with Crippen LogP contribution in [0.3, 0.4) is 0 Å². The van der Waals surface area contributed by atoms with E-state index in [2.05, 4.69) is 25.1 Å². The normalized spacial score (nSPS) is 25.8. The number of carbonyl (C=O) groups excluding carboxylic acids is 2. The SMILES string of the molecule is CCOC(=O)C(C)NP(=O)(NC(C)C(=O)OCC)OC[C@H]1O[C@@H](n2cnc3c(OC)nc(N)nc32)C(C)(O)C1O. The second kappa shape index (κ2) is 12.7. The van der Waals surface area contributed by atoms with E-state index in [1.54, 1.807) is 13.8 Å². The number of carbonyl (C=O) groups is 2. The van der Waals surface area contributed by atoms with Gasteiger partial charge >= 0.3 is 19.6 Å². The largest absolute Gasteiger partial charge is 0.479 e. The number of fused-ring (bicyclic) bond motifs is 1. The molecule has 0 spiro atoms. The third kappa shape index (κ3) is 6.68. The first-order valence-corrected chi connectivity index (χ1v) is 14.1. The second-order valence-corrected chi connectivity index (χ2v) is 11.0. The molecule has 1 aliphatic rings. The fraction of sp³-hybridized carbons (Fsp3) is 0.682. The molecule has 2 aromatic rings. The zero-order valence-electron chi connectivity index (χ0n) is 23.1. The standard InChI is InChI=1S/C22H36N7O10P/c1-7-36-18(31)11(3)27-40(34,28-12(4)19(32)37-8-2)38-9-13-15(30)22(5,33)20(39-13)29-10-24-14-16(29)25-21(23)26-17(14)35-6/h10-13,15,20,30,33H,7-9H2,1-6H3,(H2,23,25,26)(H2,27,28,34)/t11?,12?,13-,15?,20-,22?,40?/m1/s1. The van der Waals surface area contributed by atoms with Gasteiger partial charge < -0.3 is 39.4 Å². The second-order valence-electron chi connectivity index (χ2n) is 9.17. The third-order valence-electron chi connectivity index (χ3n) is 6.04. The lowest BCUT2D eigenvalue weighted by Gasteiger charge is -2.28. The quantitative estimate of drug-likeness (QED) is 0.148. The van der Waals surface area contributed by atoms with Crippen LogP contribution in [0.5, 0.6) is 5.88 Å². The molecule has 0 bridgehead atoms. The van der Waals surface area contributed by atoms with Crippen LogP contribution >= 0.6 is 7.67 Å². The van der Waals surface area contributed by atoms with Gasteiger partial charge in [-0.25, -0.2) is 15.2 Å². The number of ether oxygens (including phenoxy) is 4. The summed E-state index contributed by atoms with van der Waals surface area (Å²) in [5.74, 6) is -1.43. The Morgan fingerprint density at radius 3 is 2.30 bits per heavy atom. The Balaban J connectivity index is 1.84. The van der Waals surface area contributed by atoms with Crippen molar-refractivity contribution >= 4 is 36.7 Å². The molecule has 40 heavy (non-hydrogen) atoms. The zero-order chi connectivity index (χ0) is 29.8. The molecule has 1 aliphatic heterocycles. The lowest BCUT2D eigenvalue weighted by Crippen LogP contribution is -2.45. The Morgan fingerprint density at radius 1 is 1.20 bits per heavy atom. The maximum absolute atomic E-state index is 13.7. The number of nitrogens with zero attached hydrogens (tertiary/aromatic N) is 4. The van der Waals surface area contributed by atoms with Gasteiger partial charge in [-0.1, -0.05) is 0 Å². The Morgan fingerprint density at radius 2 is 1.77 bits per heavy atom. The number of rotatable bonds is 13. The van der Waals surface area contributed by atoms with Crippen molar-refractivity contribution in [3.05, 3.63) is 6.33 Å². The van der Waals surface area contributed by atoms with E-state index in [0.29, 0.717) is 0 Å². The molecule has 6 N–H and O–H groups in total. The molecule has 0 aromatic carbocycles. The summed E-state index contributed by atoms with van der Waals surface area (Å²) in [6, 6.07) is -2.20. The molecule has 0 radical (unpaired) electrons. The number of nitrogens with one attached hydrogen (secondary N) is 2. The number of hydrogen-bond donors (Lipinski definition) is 5. The molecule has 3 rings (SSSR count). The van der Waals surface area contributed by atoms with E-state index >= 15 is 0 Å². The van der Waals surface area contributed by atoms with Crippen LogP contribution in [0, 0.1) is 0 Å². The molecule has 4 unspecified atom stereocenters. The van der Waals surface area contributed by atoms with Crippen molar-refractivity contribution in [2.75, 3.05) is 32.7 Å². The zero-order valence-corrected chi connectivity index (χ0v) is 24.0. The van der Waals surface area contributed by atoms with Gasteiger partial charge in [-0.2, -0.15) is 9.97 Å². The van der Waals surface area contributed by atoms with Gasteiger partial charge in [0.1, 0.15) is 29.9 Å². The highest BCUT2D eigenvalue weighted by molar-refractivity contribution is 7.54. The molecule has 18 heteroatoms. The van der Waals surface area contributed by atoms with E-state index in [1.165, 1.54) is 38.8 Å². The summed E-state index contributed by atoms with van der Waals surface area (Å²) < 4.78 is 41.7. The number of nitrogens with two attached hydrogens (primary N) is 1. The number of imidazole rings is 1. The van der Waals surface area contributed by atoms with Crippen LogP contribution in [0.2, 0.25) is 0 Å². The van der Waals surface area contributed by atoms with Gasteiger partial charge in [-0.15, -0.1) is 0 Å². The molecule has 2 aromatic heterocycles. The number of aliphatic hydroxyl groups is 2. The highest BCUT2D eigenvalue weighted by Gasteiger charge is 2.54. The lowest BCUT2D eigenvalue weighted by atomic mass is 9.96. The van der Waals surface area contributed by atoms with Crippen LogP contribution in [0.15, 0.2) is 6.33 Å². The summed E-state index contributed by atoms with van der Waals surface area (Å²) >= 11 is 0. The molecule has 0 saturated carbocycles. The van der Waals surface area contributed by atoms with Gasteiger partial charge in [0.15, 0.2) is 17.4 Å². The van der Waals surface area contributed by atoms with Gasteiger partial charge in [-0.05, 0) is 34.6 Å². The maximum Gasteiger partial charge on any atom is 0.342 e. The number of nitrogen functional groups attached to an aromatic ring is 1. The van der Waals surface area contributed by atoms with Gasteiger partial charge in [0.25, 0.3) is 0 Å². The Kier molecular flexibility index (Phi) is 10.1. The van der Waals surface area contributed by atoms with Crippen molar-refractivity contribution in [1.82, 2.24) is 29.7 Å². The number of anilines is 1. The van der Waals surface area contributed by atoms with Crippen LogP contribution < -0.4 is 20.6 Å². The average molecular weight is 590 g/mol. The summed E-state index contributed by atoms with van der Waals surface area (Å²) in [7, 11) is -2.81. The predicted octanol–water partition coefficient (Wildman–Crippen LogP) is -0.366. The molecular formula is C22H36N7O10P. The van der Waals surface area contributed by atoms with Crippen LogP contribution in [0.25, 0.3) is 11.2 Å². The predicted molar refractivity (Wildman–Crippen MR) is 139 cm³/mol. The van der Waals surface area contributed by atoms with Gasteiger partial charge in [0.2, 0.25) is 11.8 Å².